The number of ether oxygens (including phenoxy) is 2. The molecule has 0 aliphatic heterocycles. The molecule has 4 rings (SSSR count). The van der Waals surface area contributed by atoms with E-state index in [-0.39, 0.29) is 23.9 Å². The summed E-state index contributed by atoms with van der Waals surface area (Å²) < 4.78 is 11.2. The van der Waals surface area contributed by atoms with Crippen LogP contribution in [0, 0.1) is 13.8 Å². The average Bonchev–Trinajstić information content (AvgIpc) is 2.90. The Morgan fingerprint density at radius 3 is 1.83 bits per heavy atom. The van der Waals surface area contributed by atoms with E-state index in [9.17, 15) is 9.59 Å². The number of aromatic carboxylic acids is 1. The van der Waals surface area contributed by atoms with E-state index in [1.165, 1.54) is 12.1 Å². The fourth-order valence-corrected chi connectivity index (χ4v) is 3.17. The first-order valence-corrected chi connectivity index (χ1v) is 11.3. The van der Waals surface area contributed by atoms with Gasteiger partial charge in [-0.15, -0.1) is 0 Å². The van der Waals surface area contributed by atoms with Crippen molar-refractivity contribution in [3.63, 3.8) is 0 Å². The minimum absolute atomic E-state index is 0.0184. The molecular weight excluding hydrogens is 456 g/mol. The highest BCUT2D eigenvalue weighted by Gasteiger charge is 2.11. The van der Waals surface area contributed by atoms with Crippen LogP contribution in [0.2, 0.25) is 0 Å². The number of carbonyl (C=O) groups excluding carboxylic acids is 1. The molecule has 6 nitrogen and oxygen atoms in total. The highest BCUT2D eigenvalue weighted by Crippen LogP contribution is 2.22. The van der Waals surface area contributed by atoms with E-state index in [0.29, 0.717) is 23.5 Å². The van der Waals surface area contributed by atoms with Gasteiger partial charge in [-0.3, -0.25) is 0 Å². The van der Waals surface area contributed by atoms with Gasteiger partial charge in [0.05, 0.1) is 11.1 Å². The molecule has 184 valence electrons. The molecule has 0 saturated carbocycles. The molecular formula is C30H28O6. The van der Waals surface area contributed by atoms with Crippen LogP contribution in [0.25, 0.3) is 0 Å². The minimum atomic E-state index is -1.03. The lowest BCUT2D eigenvalue weighted by molar-refractivity contribution is 0.0471. The van der Waals surface area contributed by atoms with Gasteiger partial charge in [0.25, 0.3) is 0 Å². The summed E-state index contributed by atoms with van der Waals surface area (Å²) in [5.74, 6) is -0.670. The topological polar surface area (TPSA) is 93.1 Å². The third-order valence-corrected chi connectivity index (χ3v) is 5.33. The number of carboxylic acid groups (broad SMARTS) is 1. The summed E-state index contributed by atoms with van der Waals surface area (Å²) in [7, 11) is 0. The first kappa shape index (κ1) is 26.0. The third kappa shape index (κ3) is 7.74. The van der Waals surface area contributed by atoms with Gasteiger partial charge in [0, 0.05) is 0 Å². The van der Waals surface area contributed by atoms with Crippen LogP contribution in [0.3, 0.4) is 0 Å². The lowest BCUT2D eigenvalue weighted by atomic mass is 10.1. The molecule has 0 unspecified atom stereocenters. The van der Waals surface area contributed by atoms with Crippen molar-refractivity contribution < 1.29 is 29.3 Å². The quantitative estimate of drug-likeness (QED) is 0.298. The van der Waals surface area contributed by atoms with E-state index in [1.807, 2.05) is 73.7 Å². The number of esters is 1. The van der Waals surface area contributed by atoms with E-state index in [0.717, 1.165) is 16.7 Å². The van der Waals surface area contributed by atoms with Crippen molar-refractivity contribution in [1.82, 2.24) is 0 Å². The van der Waals surface area contributed by atoms with Gasteiger partial charge in [-0.05, 0) is 60.4 Å². The third-order valence-electron chi connectivity index (χ3n) is 5.33. The van der Waals surface area contributed by atoms with Gasteiger partial charge < -0.3 is 19.7 Å². The van der Waals surface area contributed by atoms with Gasteiger partial charge in [0.2, 0.25) is 0 Å². The van der Waals surface area contributed by atoms with Crippen LogP contribution < -0.4 is 4.74 Å². The van der Waals surface area contributed by atoms with Crippen molar-refractivity contribution in [3.05, 3.63) is 130 Å². The van der Waals surface area contributed by atoms with Crippen LogP contribution in [-0.4, -0.2) is 22.2 Å². The largest absolute Gasteiger partial charge is 0.508 e. The van der Waals surface area contributed by atoms with Crippen molar-refractivity contribution in [2.24, 2.45) is 0 Å². The number of hydrogen-bond acceptors (Lipinski definition) is 5. The van der Waals surface area contributed by atoms with Gasteiger partial charge in [-0.25, -0.2) is 9.59 Å². The number of hydrogen-bond donors (Lipinski definition) is 2. The Labute approximate surface area is 210 Å². The number of phenols is 1. The van der Waals surface area contributed by atoms with E-state index in [4.69, 9.17) is 19.7 Å². The molecule has 2 N–H and O–H groups in total. The van der Waals surface area contributed by atoms with Crippen LogP contribution >= 0.6 is 0 Å². The maximum absolute atomic E-state index is 12.3. The molecule has 0 radical (unpaired) electrons. The second-order valence-electron chi connectivity index (χ2n) is 8.12. The van der Waals surface area contributed by atoms with E-state index < -0.39 is 5.97 Å². The number of aryl methyl sites for hydroxylation is 2. The van der Waals surface area contributed by atoms with Gasteiger partial charge >= 0.3 is 11.9 Å². The van der Waals surface area contributed by atoms with Gasteiger partial charge in [-0.1, -0.05) is 72.8 Å². The Morgan fingerprint density at radius 1 is 0.694 bits per heavy atom. The molecule has 0 amide bonds. The first-order chi connectivity index (χ1) is 17.3. The molecule has 0 aliphatic carbocycles. The fraction of sp³-hybridized carbons (Fsp3) is 0.133. The second-order valence-corrected chi connectivity index (χ2v) is 8.12. The molecule has 0 aromatic heterocycles. The van der Waals surface area contributed by atoms with E-state index in [1.54, 1.807) is 25.1 Å². The molecule has 4 aromatic rings. The van der Waals surface area contributed by atoms with Crippen molar-refractivity contribution in [2.45, 2.75) is 27.1 Å². The Kier molecular flexibility index (Phi) is 9.23. The highest BCUT2D eigenvalue weighted by molar-refractivity contribution is 5.90. The summed E-state index contributed by atoms with van der Waals surface area (Å²) in [6.45, 7) is 4.39. The highest BCUT2D eigenvalue weighted by atomic mass is 16.5. The first-order valence-electron chi connectivity index (χ1n) is 11.3. The zero-order chi connectivity index (χ0) is 25.9. The number of carbonyl (C=O) groups is 2. The Morgan fingerprint density at radius 2 is 1.25 bits per heavy atom. The predicted molar refractivity (Wildman–Crippen MR) is 137 cm³/mol. The Bertz CT molecular complexity index is 1300. The average molecular weight is 485 g/mol. The molecule has 0 fully saturated rings. The van der Waals surface area contributed by atoms with E-state index in [2.05, 4.69) is 0 Å². The molecule has 6 heteroatoms. The molecule has 4 aromatic carbocycles. The summed E-state index contributed by atoms with van der Waals surface area (Å²) >= 11 is 0. The number of phenolic OH excluding ortho intramolecular Hbond substituents is 1. The summed E-state index contributed by atoms with van der Waals surface area (Å²) in [4.78, 5) is 22.6. The van der Waals surface area contributed by atoms with Gasteiger partial charge in [0.15, 0.2) is 0 Å². The summed E-state index contributed by atoms with van der Waals surface area (Å²) in [6.07, 6.45) is 0. The molecule has 0 saturated heterocycles. The monoisotopic (exact) mass is 484 g/mol. The SMILES string of the molecule is Cc1ccc(C(=O)O)cc1O.Cc1ccc(C(=O)OCc2ccccc2)cc1OCc1ccccc1. The number of carboxylic acids is 1. The smallest absolute Gasteiger partial charge is 0.338 e. The van der Waals surface area contributed by atoms with Crippen LogP contribution in [0.5, 0.6) is 11.5 Å². The zero-order valence-electron chi connectivity index (χ0n) is 20.2. The molecule has 0 aliphatic rings. The van der Waals surface area contributed by atoms with Gasteiger partial charge in [-0.2, -0.15) is 0 Å². The summed E-state index contributed by atoms with van der Waals surface area (Å²) in [6, 6.07) is 29.2. The Balaban J connectivity index is 0.000000275. The fourth-order valence-electron chi connectivity index (χ4n) is 3.17. The van der Waals surface area contributed by atoms with Crippen LogP contribution in [0.1, 0.15) is 43.0 Å². The standard InChI is InChI=1S/C22H20O3.C8H8O3/c1-17-12-13-20(22(23)25-16-19-10-6-3-7-11-19)14-21(17)24-15-18-8-4-2-5-9-18;1-5-2-3-6(8(10)11)4-7(5)9/h2-14H,15-16H2,1H3;2-4,9H,1H3,(H,10,11). The minimum Gasteiger partial charge on any atom is -0.508 e. The number of aromatic hydroxyl groups is 1. The number of rotatable bonds is 7. The van der Waals surface area contributed by atoms with Gasteiger partial charge in [0.1, 0.15) is 24.7 Å². The Hall–Kier alpha value is -4.58. The predicted octanol–water partition coefficient (Wildman–Crippen LogP) is 6.33. The van der Waals surface area contributed by atoms with Crippen molar-refractivity contribution in [3.8, 4) is 11.5 Å². The van der Waals surface area contributed by atoms with Crippen LogP contribution in [0.15, 0.2) is 97.1 Å². The lowest BCUT2D eigenvalue weighted by Crippen LogP contribution is -2.06. The molecule has 0 bridgehead atoms. The van der Waals surface area contributed by atoms with Crippen molar-refractivity contribution >= 4 is 11.9 Å². The molecule has 0 atom stereocenters. The summed E-state index contributed by atoms with van der Waals surface area (Å²) in [5.41, 5.74) is 4.30. The normalized spacial score (nSPS) is 10.1. The summed E-state index contributed by atoms with van der Waals surface area (Å²) in [5, 5.41) is 17.6. The molecule has 0 heterocycles. The lowest BCUT2D eigenvalue weighted by Gasteiger charge is -2.11. The van der Waals surface area contributed by atoms with Crippen molar-refractivity contribution in [2.75, 3.05) is 0 Å². The van der Waals surface area contributed by atoms with Crippen LogP contribution in [0.4, 0.5) is 0 Å². The second kappa shape index (κ2) is 12.8. The van der Waals surface area contributed by atoms with E-state index >= 15 is 0 Å². The zero-order valence-corrected chi connectivity index (χ0v) is 20.2. The van der Waals surface area contributed by atoms with Crippen LogP contribution in [-0.2, 0) is 18.0 Å². The maximum Gasteiger partial charge on any atom is 0.338 e. The maximum atomic E-state index is 12.3. The van der Waals surface area contributed by atoms with Crippen molar-refractivity contribution in [1.29, 1.82) is 0 Å². The molecule has 0 spiro atoms. The number of benzene rings is 4. The molecule has 36 heavy (non-hydrogen) atoms.